The molecule has 1 aliphatic heterocycles. The lowest BCUT2D eigenvalue weighted by Gasteiger charge is -2.22. The third kappa shape index (κ3) is 2.85. The van der Waals surface area contributed by atoms with E-state index in [-0.39, 0.29) is 18.6 Å². The largest absolute Gasteiger partial charge is 0.505 e. The third-order valence-corrected chi connectivity index (χ3v) is 4.78. The smallest absolute Gasteiger partial charge is 0.231 e. The minimum atomic E-state index is -0.351. The Labute approximate surface area is 161 Å². The van der Waals surface area contributed by atoms with Gasteiger partial charge < -0.3 is 19.9 Å². The molecule has 2 aromatic carbocycles. The quantitative estimate of drug-likeness (QED) is 0.558. The van der Waals surface area contributed by atoms with Crippen molar-refractivity contribution in [2.45, 2.75) is 6.04 Å². The van der Waals surface area contributed by atoms with Crippen molar-refractivity contribution in [3.05, 3.63) is 84.2 Å². The maximum absolute atomic E-state index is 11.0. The average molecular weight is 371 g/mol. The molecule has 138 valence electrons. The molecule has 0 spiro atoms. The van der Waals surface area contributed by atoms with Crippen LogP contribution in [0.25, 0.3) is 10.9 Å². The molecule has 5 rings (SSSR count). The highest BCUT2D eigenvalue weighted by Gasteiger charge is 2.23. The van der Waals surface area contributed by atoms with E-state index in [2.05, 4.69) is 15.3 Å². The summed E-state index contributed by atoms with van der Waals surface area (Å²) in [5.41, 5.74) is 2.18. The molecule has 1 aliphatic rings. The number of rotatable bonds is 4. The number of aromatic hydroxyl groups is 1. The molecule has 2 aromatic heterocycles. The summed E-state index contributed by atoms with van der Waals surface area (Å²) in [6, 6.07) is 18.7. The summed E-state index contributed by atoms with van der Waals surface area (Å²) in [6.45, 7) is 0.211. The van der Waals surface area contributed by atoms with Gasteiger partial charge in [0.15, 0.2) is 11.5 Å². The van der Waals surface area contributed by atoms with Gasteiger partial charge >= 0.3 is 0 Å². The first-order chi connectivity index (χ1) is 13.8. The van der Waals surface area contributed by atoms with Gasteiger partial charge in [-0.15, -0.1) is 0 Å². The number of hydrogen-bond acceptors (Lipinski definition) is 6. The van der Waals surface area contributed by atoms with Crippen molar-refractivity contribution in [1.29, 1.82) is 0 Å². The van der Waals surface area contributed by atoms with Gasteiger partial charge in [0.05, 0.1) is 6.04 Å². The van der Waals surface area contributed by atoms with E-state index in [9.17, 15) is 5.11 Å². The predicted molar refractivity (Wildman–Crippen MR) is 106 cm³/mol. The van der Waals surface area contributed by atoms with Crippen molar-refractivity contribution < 1.29 is 14.6 Å². The van der Waals surface area contributed by atoms with Crippen molar-refractivity contribution in [2.24, 2.45) is 0 Å². The first-order valence-electron chi connectivity index (χ1n) is 8.93. The van der Waals surface area contributed by atoms with Crippen LogP contribution in [0.4, 0.5) is 5.82 Å². The molecule has 0 amide bonds. The SMILES string of the molecule is Oc1c(C(Nc2ccccn2)c2ccc3c(c2)OCO3)ccc2cccnc12. The minimum Gasteiger partial charge on any atom is -0.505 e. The van der Waals surface area contributed by atoms with Crippen LogP contribution in [0.3, 0.4) is 0 Å². The molecule has 1 unspecified atom stereocenters. The lowest BCUT2D eigenvalue weighted by Crippen LogP contribution is -2.13. The molecule has 0 saturated carbocycles. The number of pyridine rings is 2. The normalized spacial score (nSPS) is 13.4. The lowest BCUT2D eigenvalue weighted by atomic mass is 9.96. The van der Waals surface area contributed by atoms with Crippen molar-refractivity contribution in [3.8, 4) is 17.2 Å². The summed E-state index contributed by atoms with van der Waals surface area (Å²) >= 11 is 0. The van der Waals surface area contributed by atoms with E-state index < -0.39 is 0 Å². The zero-order valence-electron chi connectivity index (χ0n) is 14.9. The van der Waals surface area contributed by atoms with Crippen LogP contribution in [0, 0.1) is 0 Å². The fourth-order valence-corrected chi connectivity index (χ4v) is 3.41. The van der Waals surface area contributed by atoms with E-state index >= 15 is 0 Å². The molecular formula is C22H17N3O3. The first kappa shape index (κ1) is 16.4. The van der Waals surface area contributed by atoms with Crippen LogP contribution < -0.4 is 14.8 Å². The summed E-state index contributed by atoms with van der Waals surface area (Å²) in [5.74, 6) is 2.24. The Bertz CT molecular complexity index is 1150. The third-order valence-electron chi connectivity index (χ3n) is 4.78. The monoisotopic (exact) mass is 371 g/mol. The summed E-state index contributed by atoms with van der Waals surface area (Å²) in [6.07, 6.45) is 3.40. The second-order valence-corrected chi connectivity index (χ2v) is 6.48. The van der Waals surface area contributed by atoms with Crippen LogP contribution in [-0.4, -0.2) is 21.9 Å². The van der Waals surface area contributed by atoms with Crippen LogP contribution in [0.5, 0.6) is 17.2 Å². The van der Waals surface area contributed by atoms with Crippen LogP contribution in [0.15, 0.2) is 73.1 Å². The number of fused-ring (bicyclic) bond motifs is 2. The van der Waals surface area contributed by atoms with E-state index in [1.165, 1.54) is 0 Å². The molecule has 4 aromatic rings. The highest BCUT2D eigenvalue weighted by atomic mass is 16.7. The number of ether oxygens (including phenoxy) is 2. The summed E-state index contributed by atoms with van der Waals surface area (Å²) < 4.78 is 11.0. The summed E-state index contributed by atoms with van der Waals surface area (Å²) in [7, 11) is 0. The fourth-order valence-electron chi connectivity index (χ4n) is 3.41. The Morgan fingerprint density at radius 3 is 2.68 bits per heavy atom. The number of phenolic OH excluding ortho intramolecular Hbond substituents is 1. The standard InChI is InChI=1S/C22H17N3O3/c26-22-16(8-6-14-4-3-11-24-21(14)22)20(25-19-5-1-2-10-23-19)15-7-9-17-18(12-15)28-13-27-17/h1-12,20,26H,13H2,(H,23,25). The van der Waals surface area contributed by atoms with Crippen molar-refractivity contribution in [2.75, 3.05) is 12.1 Å². The van der Waals surface area contributed by atoms with E-state index in [1.54, 1.807) is 12.4 Å². The van der Waals surface area contributed by atoms with E-state index in [1.807, 2.05) is 60.7 Å². The second kappa shape index (κ2) is 6.74. The molecule has 0 radical (unpaired) electrons. The van der Waals surface area contributed by atoms with Crippen molar-refractivity contribution >= 4 is 16.7 Å². The molecule has 6 heteroatoms. The Morgan fingerprint density at radius 1 is 0.893 bits per heavy atom. The molecule has 28 heavy (non-hydrogen) atoms. The molecule has 0 aliphatic carbocycles. The zero-order chi connectivity index (χ0) is 18.9. The molecular weight excluding hydrogens is 354 g/mol. The maximum atomic E-state index is 11.0. The second-order valence-electron chi connectivity index (χ2n) is 6.48. The van der Waals surface area contributed by atoms with Gasteiger partial charge in [0.1, 0.15) is 17.1 Å². The van der Waals surface area contributed by atoms with Gasteiger partial charge in [0.25, 0.3) is 0 Å². The fraction of sp³-hybridized carbons (Fsp3) is 0.0909. The number of aromatic nitrogens is 2. The van der Waals surface area contributed by atoms with E-state index in [0.717, 1.165) is 10.9 Å². The topological polar surface area (TPSA) is 76.5 Å². The lowest BCUT2D eigenvalue weighted by molar-refractivity contribution is 0.174. The zero-order valence-corrected chi connectivity index (χ0v) is 14.9. The molecule has 0 fully saturated rings. The van der Waals surface area contributed by atoms with E-state index in [4.69, 9.17) is 9.47 Å². The van der Waals surface area contributed by atoms with E-state index in [0.29, 0.717) is 28.4 Å². The molecule has 0 bridgehead atoms. The van der Waals surface area contributed by atoms with Crippen LogP contribution in [-0.2, 0) is 0 Å². The van der Waals surface area contributed by atoms with Crippen molar-refractivity contribution in [3.63, 3.8) is 0 Å². The Kier molecular flexibility index (Phi) is 3.94. The minimum absolute atomic E-state index is 0.143. The molecule has 6 nitrogen and oxygen atoms in total. The number of nitrogens with one attached hydrogen (secondary N) is 1. The number of hydrogen-bond donors (Lipinski definition) is 2. The number of benzene rings is 2. The number of anilines is 1. The average Bonchev–Trinajstić information content (AvgIpc) is 3.21. The highest BCUT2D eigenvalue weighted by Crippen LogP contribution is 2.40. The highest BCUT2D eigenvalue weighted by molar-refractivity contribution is 5.86. The molecule has 0 saturated heterocycles. The molecule has 3 heterocycles. The number of phenols is 1. The first-order valence-corrected chi connectivity index (χ1v) is 8.93. The summed E-state index contributed by atoms with van der Waals surface area (Å²) in [4.78, 5) is 8.71. The van der Waals surface area contributed by atoms with Gasteiger partial charge in [-0.05, 0) is 35.9 Å². The Morgan fingerprint density at radius 2 is 1.79 bits per heavy atom. The van der Waals surface area contributed by atoms with Crippen molar-refractivity contribution in [1.82, 2.24) is 9.97 Å². The van der Waals surface area contributed by atoms with Gasteiger partial charge in [0.2, 0.25) is 6.79 Å². The Balaban J connectivity index is 1.65. The molecule has 1 atom stereocenters. The van der Waals surface area contributed by atoms with Gasteiger partial charge in [0, 0.05) is 23.3 Å². The van der Waals surface area contributed by atoms with Crippen LogP contribution in [0.2, 0.25) is 0 Å². The van der Waals surface area contributed by atoms with Gasteiger partial charge in [-0.2, -0.15) is 0 Å². The molecule has 2 N–H and O–H groups in total. The Hall–Kier alpha value is -3.80. The predicted octanol–water partition coefficient (Wildman–Crippen LogP) is 4.27. The van der Waals surface area contributed by atoms with Crippen LogP contribution >= 0.6 is 0 Å². The summed E-state index contributed by atoms with van der Waals surface area (Å²) in [5, 5.41) is 15.3. The van der Waals surface area contributed by atoms with Gasteiger partial charge in [-0.1, -0.05) is 30.3 Å². The van der Waals surface area contributed by atoms with Gasteiger partial charge in [-0.25, -0.2) is 4.98 Å². The van der Waals surface area contributed by atoms with Crippen LogP contribution in [0.1, 0.15) is 17.2 Å². The van der Waals surface area contributed by atoms with Gasteiger partial charge in [-0.3, -0.25) is 4.98 Å². The maximum Gasteiger partial charge on any atom is 0.231 e. The number of nitrogens with zero attached hydrogens (tertiary/aromatic N) is 2.